The van der Waals surface area contributed by atoms with Gasteiger partial charge in [-0.05, 0) is 48.8 Å². The third-order valence-corrected chi connectivity index (χ3v) is 5.57. The summed E-state index contributed by atoms with van der Waals surface area (Å²) in [5, 5.41) is 3.69. The van der Waals surface area contributed by atoms with Gasteiger partial charge in [-0.3, -0.25) is 14.2 Å². The first-order valence-electron chi connectivity index (χ1n) is 9.66. The van der Waals surface area contributed by atoms with E-state index in [4.69, 9.17) is 9.47 Å². The maximum Gasteiger partial charge on any atom is 0.328 e. The van der Waals surface area contributed by atoms with Crippen molar-refractivity contribution in [3.05, 3.63) is 70.6 Å². The second-order valence-electron chi connectivity index (χ2n) is 6.79. The number of esters is 1. The van der Waals surface area contributed by atoms with E-state index in [1.807, 2.05) is 6.26 Å². The molecule has 1 heterocycles. The summed E-state index contributed by atoms with van der Waals surface area (Å²) in [7, 11) is 2.86. The number of hydrogen-bond donors (Lipinski definition) is 1. The van der Waals surface area contributed by atoms with Gasteiger partial charge in [-0.25, -0.2) is 4.79 Å². The predicted octanol–water partition coefficient (Wildman–Crippen LogP) is 3.02. The molecule has 1 amide bonds. The van der Waals surface area contributed by atoms with E-state index in [9.17, 15) is 14.4 Å². The van der Waals surface area contributed by atoms with E-state index in [0.29, 0.717) is 39.9 Å². The normalized spacial score (nSPS) is 11.7. The second kappa shape index (κ2) is 10.2. The Bertz CT molecular complexity index is 1140. The highest BCUT2D eigenvalue weighted by atomic mass is 32.2. The van der Waals surface area contributed by atoms with Crippen molar-refractivity contribution in [1.82, 2.24) is 9.88 Å². The lowest BCUT2D eigenvalue weighted by atomic mass is 10.1. The molecule has 3 rings (SSSR count). The molecule has 0 bridgehead atoms. The van der Waals surface area contributed by atoms with Crippen molar-refractivity contribution in [3.8, 4) is 11.4 Å². The van der Waals surface area contributed by atoms with E-state index in [1.165, 1.54) is 17.9 Å². The van der Waals surface area contributed by atoms with E-state index < -0.39 is 17.9 Å². The number of amides is 1. The van der Waals surface area contributed by atoms with Crippen LogP contribution in [0.5, 0.6) is 5.75 Å². The number of rotatable bonds is 8. The Morgan fingerprint density at radius 2 is 1.74 bits per heavy atom. The molecule has 0 saturated heterocycles. The van der Waals surface area contributed by atoms with Crippen LogP contribution in [0.3, 0.4) is 0 Å². The summed E-state index contributed by atoms with van der Waals surface area (Å²) in [5.74, 6) is 0.391. The van der Waals surface area contributed by atoms with Gasteiger partial charge in [0.2, 0.25) is 0 Å². The van der Waals surface area contributed by atoms with Crippen molar-refractivity contribution < 1.29 is 19.1 Å². The largest absolute Gasteiger partial charge is 0.497 e. The highest BCUT2D eigenvalue weighted by Gasteiger charge is 2.23. The monoisotopic (exact) mass is 440 g/mol. The summed E-state index contributed by atoms with van der Waals surface area (Å²) < 4.78 is 11.4. The summed E-state index contributed by atoms with van der Waals surface area (Å²) in [6, 6.07) is 13.1. The lowest BCUT2D eigenvalue weighted by Crippen LogP contribution is -2.42. The van der Waals surface area contributed by atoms with Gasteiger partial charge in [-0.15, -0.1) is 0 Å². The zero-order valence-electron chi connectivity index (χ0n) is 17.6. The van der Waals surface area contributed by atoms with Crippen LogP contribution in [0.2, 0.25) is 0 Å². The molecule has 0 aliphatic carbocycles. The molecule has 0 aliphatic heterocycles. The average molecular weight is 441 g/mol. The van der Waals surface area contributed by atoms with E-state index in [2.05, 4.69) is 5.32 Å². The molecule has 3 aromatic rings. The lowest BCUT2D eigenvalue weighted by Gasteiger charge is -2.18. The summed E-state index contributed by atoms with van der Waals surface area (Å²) in [6.45, 7) is 0. The Morgan fingerprint density at radius 1 is 1.06 bits per heavy atom. The van der Waals surface area contributed by atoms with Gasteiger partial charge < -0.3 is 14.8 Å². The molecule has 1 N–H and O–H groups in total. The first-order chi connectivity index (χ1) is 15.0. The van der Waals surface area contributed by atoms with Crippen LogP contribution in [-0.4, -0.2) is 48.7 Å². The van der Waals surface area contributed by atoms with Crippen LogP contribution in [-0.2, 0) is 9.53 Å². The third kappa shape index (κ3) is 4.91. The molecule has 8 heteroatoms. The summed E-state index contributed by atoms with van der Waals surface area (Å²) >= 11 is 1.57. The molecule has 0 fully saturated rings. The maximum atomic E-state index is 13.2. The number of hydrogen-bond acceptors (Lipinski definition) is 6. The lowest BCUT2D eigenvalue weighted by molar-refractivity contribution is -0.142. The Labute approximate surface area is 184 Å². The fourth-order valence-electron chi connectivity index (χ4n) is 3.27. The number of aromatic nitrogens is 1. The summed E-state index contributed by atoms with van der Waals surface area (Å²) in [6.07, 6.45) is 3.87. The van der Waals surface area contributed by atoms with Crippen molar-refractivity contribution in [3.63, 3.8) is 0 Å². The number of pyridine rings is 1. The van der Waals surface area contributed by atoms with Crippen LogP contribution in [0.15, 0.2) is 59.5 Å². The molecule has 1 atom stereocenters. The number of thioether (sulfide) groups is 1. The highest BCUT2D eigenvalue weighted by Crippen LogP contribution is 2.20. The van der Waals surface area contributed by atoms with Crippen LogP contribution in [0.25, 0.3) is 16.5 Å². The first kappa shape index (κ1) is 22.4. The average Bonchev–Trinajstić information content (AvgIpc) is 2.81. The second-order valence-corrected chi connectivity index (χ2v) is 7.78. The number of benzene rings is 2. The van der Waals surface area contributed by atoms with Crippen molar-refractivity contribution in [2.75, 3.05) is 26.2 Å². The standard InChI is InChI=1S/C23H24N2O5S/c1-29-16-10-8-15(9-11-16)25-14-19(17-6-4-5-7-18(17)22(25)27)21(26)24-20(12-13-31-3)23(28)30-2/h4-11,14,20H,12-13H2,1-3H3,(H,24,26)/t20-/m1/s1. The number of carbonyl (C=O) groups is 2. The van der Waals surface area contributed by atoms with Crippen LogP contribution < -0.4 is 15.6 Å². The van der Waals surface area contributed by atoms with Crippen molar-refractivity contribution in [1.29, 1.82) is 0 Å². The number of carbonyl (C=O) groups excluding carboxylic acids is 2. The minimum atomic E-state index is -0.773. The molecule has 31 heavy (non-hydrogen) atoms. The fourth-order valence-corrected chi connectivity index (χ4v) is 3.74. The molecule has 1 aromatic heterocycles. The van der Waals surface area contributed by atoms with Gasteiger partial charge in [-0.2, -0.15) is 11.8 Å². The van der Waals surface area contributed by atoms with Gasteiger partial charge >= 0.3 is 5.97 Å². The minimum absolute atomic E-state index is 0.246. The Morgan fingerprint density at radius 3 is 2.35 bits per heavy atom. The van der Waals surface area contributed by atoms with Gasteiger partial charge in [0.05, 0.1) is 19.8 Å². The number of nitrogens with zero attached hydrogens (tertiary/aromatic N) is 1. The van der Waals surface area contributed by atoms with Gasteiger partial charge in [0, 0.05) is 22.7 Å². The molecule has 0 aliphatic rings. The molecule has 7 nitrogen and oxygen atoms in total. The molecule has 2 aromatic carbocycles. The quantitative estimate of drug-likeness (QED) is 0.542. The fraction of sp³-hybridized carbons (Fsp3) is 0.261. The summed E-state index contributed by atoms with van der Waals surface area (Å²) in [5.41, 5.74) is 0.644. The molecular weight excluding hydrogens is 416 g/mol. The van der Waals surface area contributed by atoms with Crippen molar-refractivity contribution in [2.45, 2.75) is 12.5 Å². The highest BCUT2D eigenvalue weighted by molar-refractivity contribution is 7.98. The molecule has 0 saturated carbocycles. The predicted molar refractivity (Wildman–Crippen MR) is 122 cm³/mol. The first-order valence-corrected chi connectivity index (χ1v) is 11.1. The molecule has 162 valence electrons. The van der Waals surface area contributed by atoms with Crippen molar-refractivity contribution in [2.24, 2.45) is 0 Å². The third-order valence-electron chi connectivity index (χ3n) is 4.92. The molecule has 0 unspecified atom stereocenters. The SMILES string of the molecule is COC(=O)[C@@H](CCSC)NC(=O)c1cn(-c2ccc(OC)cc2)c(=O)c2ccccc12. The topological polar surface area (TPSA) is 86.6 Å². The van der Waals surface area contributed by atoms with Gasteiger partial charge in [0.15, 0.2) is 0 Å². The van der Waals surface area contributed by atoms with Crippen LogP contribution >= 0.6 is 11.8 Å². The van der Waals surface area contributed by atoms with Crippen LogP contribution in [0.1, 0.15) is 16.8 Å². The number of nitrogens with one attached hydrogen (secondary N) is 1. The zero-order chi connectivity index (χ0) is 22.4. The van der Waals surface area contributed by atoms with Gasteiger partial charge in [0.1, 0.15) is 11.8 Å². The van der Waals surface area contributed by atoms with E-state index in [0.717, 1.165) is 0 Å². The molecule has 0 spiro atoms. The van der Waals surface area contributed by atoms with Crippen LogP contribution in [0, 0.1) is 0 Å². The molecular formula is C23H24N2O5S. The number of methoxy groups -OCH3 is 2. The number of ether oxygens (including phenoxy) is 2. The Balaban J connectivity index is 2.08. The maximum absolute atomic E-state index is 13.2. The van der Waals surface area contributed by atoms with Gasteiger partial charge in [-0.1, -0.05) is 18.2 Å². The van der Waals surface area contributed by atoms with E-state index in [-0.39, 0.29) is 5.56 Å². The van der Waals surface area contributed by atoms with Gasteiger partial charge in [0.25, 0.3) is 11.5 Å². The minimum Gasteiger partial charge on any atom is -0.497 e. The van der Waals surface area contributed by atoms with Crippen molar-refractivity contribution >= 4 is 34.4 Å². The smallest absolute Gasteiger partial charge is 0.328 e. The Kier molecular flexibility index (Phi) is 7.36. The van der Waals surface area contributed by atoms with E-state index in [1.54, 1.807) is 67.4 Å². The molecule has 0 radical (unpaired) electrons. The van der Waals surface area contributed by atoms with Crippen LogP contribution in [0.4, 0.5) is 0 Å². The zero-order valence-corrected chi connectivity index (χ0v) is 18.4. The van der Waals surface area contributed by atoms with E-state index >= 15 is 0 Å². The number of fused-ring (bicyclic) bond motifs is 1. The summed E-state index contributed by atoms with van der Waals surface area (Å²) in [4.78, 5) is 38.4. The Hall–Kier alpha value is -3.26.